The quantitative estimate of drug-likeness (QED) is 0.332. The summed E-state index contributed by atoms with van der Waals surface area (Å²) in [7, 11) is 0. The van der Waals surface area contributed by atoms with Crippen LogP contribution in [0.15, 0.2) is 24.3 Å². The lowest BCUT2D eigenvalue weighted by Gasteiger charge is -2.10. The molecule has 4 N–H and O–H groups in total. The maximum Gasteiger partial charge on any atom is 0.269 e. The summed E-state index contributed by atoms with van der Waals surface area (Å²) in [5, 5.41) is 16.2. The largest absolute Gasteiger partial charge is 0.362 e. The Kier molecular flexibility index (Phi) is 7.40. The molecule has 0 spiro atoms. The zero-order valence-electron chi connectivity index (χ0n) is 12.4. The molecule has 1 aromatic carbocycles. The first-order valence-electron chi connectivity index (χ1n) is 6.79. The molecule has 9 nitrogen and oxygen atoms in total. The number of hydrogen-bond donors (Lipinski definition) is 4. The highest BCUT2D eigenvalue weighted by Crippen LogP contribution is 2.11. The van der Waals surface area contributed by atoms with Crippen molar-refractivity contribution in [2.75, 3.05) is 13.1 Å². The average Bonchev–Trinajstić information content (AvgIpc) is 2.53. The van der Waals surface area contributed by atoms with E-state index in [1.165, 1.54) is 24.3 Å². The molecule has 0 saturated carbocycles. The number of thiocarbonyl (C=S) groups is 1. The molecule has 23 heavy (non-hydrogen) atoms. The minimum Gasteiger partial charge on any atom is -0.362 e. The number of rotatable bonds is 6. The van der Waals surface area contributed by atoms with Crippen molar-refractivity contribution in [2.45, 2.75) is 13.3 Å². The van der Waals surface area contributed by atoms with Gasteiger partial charge in [0.05, 0.1) is 4.92 Å². The van der Waals surface area contributed by atoms with Crippen molar-refractivity contribution in [1.82, 2.24) is 21.5 Å². The molecule has 0 aliphatic rings. The predicted molar refractivity (Wildman–Crippen MR) is 87.6 cm³/mol. The zero-order valence-corrected chi connectivity index (χ0v) is 13.2. The van der Waals surface area contributed by atoms with Crippen molar-refractivity contribution >= 4 is 34.8 Å². The summed E-state index contributed by atoms with van der Waals surface area (Å²) >= 11 is 4.86. The summed E-state index contributed by atoms with van der Waals surface area (Å²) in [6.45, 7) is 2.62. The molecule has 0 radical (unpaired) electrons. The lowest BCUT2D eigenvalue weighted by molar-refractivity contribution is -0.384. The summed E-state index contributed by atoms with van der Waals surface area (Å²) in [5.41, 5.74) is 5.08. The van der Waals surface area contributed by atoms with Gasteiger partial charge in [-0.2, -0.15) is 0 Å². The van der Waals surface area contributed by atoms with Gasteiger partial charge in [-0.3, -0.25) is 30.6 Å². The van der Waals surface area contributed by atoms with Crippen LogP contribution in [0, 0.1) is 10.1 Å². The second-order valence-corrected chi connectivity index (χ2v) is 4.75. The Balaban J connectivity index is 2.32. The number of amides is 2. The van der Waals surface area contributed by atoms with Crippen molar-refractivity contribution in [3.8, 4) is 0 Å². The van der Waals surface area contributed by atoms with Crippen LogP contribution >= 0.6 is 12.2 Å². The van der Waals surface area contributed by atoms with E-state index in [2.05, 4.69) is 21.5 Å². The second-order valence-electron chi connectivity index (χ2n) is 4.34. The van der Waals surface area contributed by atoms with E-state index < -0.39 is 10.8 Å². The van der Waals surface area contributed by atoms with E-state index in [4.69, 9.17) is 12.2 Å². The molecule has 124 valence electrons. The van der Waals surface area contributed by atoms with E-state index in [1.807, 2.05) is 6.92 Å². The number of carbonyl (C=O) groups excluding carboxylic acids is 2. The van der Waals surface area contributed by atoms with E-state index >= 15 is 0 Å². The number of benzene rings is 1. The van der Waals surface area contributed by atoms with Crippen LogP contribution < -0.4 is 21.5 Å². The number of hydrazine groups is 1. The fraction of sp³-hybridized carbons (Fsp3) is 0.308. The highest BCUT2D eigenvalue weighted by atomic mass is 32.1. The number of nitrogens with zero attached hydrogens (tertiary/aromatic N) is 1. The number of nitro groups is 1. The first-order chi connectivity index (χ1) is 10.9. The Bertz CT molecular complexity index is 591. The molecule has 0 aromatic heterocycles. The van der Waals surface area contributed by atoms with E-state index in [0.717, 1.165) is 0 Å². The van der Waals surface area contributed by atoms with Gasteiger partial charge in [0.25, 0.3) is 11.6 Å². The molecular weight excluding hydrogens is 322 g/mol. The molecular formula is C13H17N5O4S. The molecule has 10 heteroatoms. The lowest BCUT2D eigenvalue weighted by Crippen LogP contribution is -2.47. The fourth-order valence-corrected chi connectivity index (χ4v) is 1.72. The van der Waals surface area contributed by atoms with Gasteiger partial charge in [-0.15, -0.1) is 0 Å². The normalized spacial score (nSPS) is 9.61. The summed E-state index contributed by atoms with van der Waals surface area (Å²) in [4.78, 5) is 33.3. The Morgan fingerprint density at radius 1 is 1.17 bits per heavy atom. The molecule has 2 amide bonds. The summed E-state index contributed by atoms with van der Waals surface area (Å²) in [6, 6.07) is 5.19. The third-order valence-corrected chi connectivity index (χ3v) is 2.88. The summed E-state index contributed by atoms with van der Waals surface area (Å²) < 4.78 is 0. The van der Waals surface area contributed by atoms with Crippen molar-refractivity contribution in [3.63, 3.8) is 0 Å². The van der Waals surface area contributed by atoms with Crippen LogP contribution in [0.4, 0.5) is 5.69 Å². The maximum atomic E-state index is 11.8. The number of nitrogens with one attached hydrogen (secondary N) is 4. The fourth-order valence-electron chi connectivity index (χ4n) is 1.52. The lowest BCUT2D eigenvalue weighted by atomic mass is 10.2. The molecule has 0 aliphatic carbocycles. The summed E-state index contributed by atoms with van der Waals surface area (Å²) in [6.07, 6.45) is 0.0560. The SMILES string of the molecule is CCNC(=S)NNC(=O)CCNC(=O)c1ccc([N+](=O)[O-])cc1. The minimum absolute atomic E-state index is 0.0560. The van der Waals surface area contributed by atoms with Crippen molar-refractivity contribution in [1.29, 1.82) is 0 Å². The van der Waals surface area contributed by atoms with E-state index in [9.17, 15) is 19.7 Å². The van der Waals surface area contributed by atoms with Gasteiger partial charge in [0.1, 0.15) is 0 Å². The number of hydrogen-bond acceptors (Lipinski definition) is 5. The number of non-ortho nitro benzene ring substituents is 1. The van der Waals surface area contributed by atoms with Crippen molar-refractivity contribution in [3.05, 3.63) is 39.9 Å². The number of carbonyl (C=O) groups is 2. The standard InChI is InChI=1S/C13H17N5O4S/c1-2-14-13(23)17-16-11(19)7-8-15-12(20)9-3-5-10(6-4-9)18(21)22/h3-6H,2,7-8H2,1H3,(H,15,20)(H,16,19)(H2,14,17,23). The first kappa shape index (κ1) is 18.3. The molecule has 0 unspecified atom stereocenters. The molecule has 0 fully saturated rings. The van der Waals surface area contributed by atoms with Crippen LogP contribution in [0.1, 0.15) is 23.7 Å². The zero-order chi connectivity index (χ0) is 17.2. The maximum absolute atomic E-state index is 11.8. The number of nitro benzene ring substituents is 1. The van der Waals surface area contributed by atoms with Crippen LogP contribution in [-0.4, -0.2) is 34.9 Å². The monoisotopic (exact) mass is 339 g/mol. The predicted octanol–water partition coefficient (Wildman–Crippen LogP) is 0.230. The van der Waals surface area contributed by atoms with Crippen molar-refractivity contribution < 1.29 is 14.5 Å². The topological polar surface area (TPSA) is 125 Å². The van der Waals surface area contributed by atoms with Gasteiger partial charge in [0.15, 0.2) is 5.11 Å². The molecule has 1 rings (SSSR count). The van der Waals surface area contributed by atoms with Crippen molar-refractivity contribution in [2.24, 2.45) is 0 Å². The average molecular weight is 339 g/mol. The van der Waals surface area contributed by atoms with Crippen LogP contribution in [0.25, 0.3) is 0 Å². The molecule has 1 aromatic rings. The van der Waals surface area contributed by atoms with Gasteiger partial charge in [0, 0.05) is 37.2 Å². The van der Waals surface area contributed by atoms with Gasteiger partial charge in [-0.1, -0.05) is 0 Å². The highest BCUT2D eigenvalue weighted by Gasteiger charge is 2.09. The van der Waals surface area contributed by atoms with Gasteiger partial charge in [-0.25, -0.2) is 0 Å². The van der Waals surface area contributed by atoms with Crippen LogP contribution in [0.3, 0.4) is 0 Å². The molecule has 0 saturated heterocycles. The minimum atomic E-state index is -0.545. The Morgan fingerprint density at radius 3 is 2.39 bits per heavy atom. The Hall–Kier alpha value is -2.75. The Labute approximate surface area is 137 Å². The van der Waals surface area contributed by atoms with Crippen LogP contribution in [0.2, 0.25) is 0 Å². The first-order valence-corrected chi connectivity index (χ1v) is 7.20. The van der Waals surface area contributed by atoms with Gasteiger partial charge in [-0.05, 0) is 31.3 Å². The molecule has 0 heterocycles. The van der Waals surface area contributed by atoms with Crippen LogP contribution in [-0.2, 0) is 4.79 Å². The van der Waals surface area contributed by atoms with Gasteiger partial charge < -0.3 is 10.6 Å². The van der Waals surface area contributed by atoms with E-state index in [1.54, 1.807) is 0 Å². The smallest absolute Gasteiger partial charge is 0.269 e. The third-order valence-electron chi connectivity index (χ3n) is 2.63. The van der Waals surface area contributed by atoms with E-state index in [-0.39, 0.29) is 30.1 Å². The highest BCUT2D eigenvalue weighted by molar-refractivity contribution is 7.80. The van der Waals surface area contributed by atoms with Gasteiger partial charge >= 0.3 is 0 Å². The Morgan fingerprint density at radius 2 is 1.83 bits per heavy atom. The molecule has 0 aliphatic heterocycles. The van der Waals surface area contributed by atoms with E-state index in [0.29, 0.717) is 11.7 Å². The van der Waals surface area contributed by atoms with Crippen LogP contribution in [0.5, 0.6) is 0 Å². The second kappa shape index (κ2) is 9.30. The summed E-state index contributed by atoms with van der Waals surface area (Å²) in [5.74, 6) is -0.752. The van der Waals surface area contributed by atoms with Gasteiger partial charge in [0.2, 0.25) is 5.91 Å². The third kappa shape index (κ3) is 6.70. The molecule has 0 bridgehead atoms. The molecule has 0 atom stereocenters.